The highest BCUT2D eigenvalue weighted by atomic mass is 32.2. The van der Waals surface area contributed by atoms with E-state index in [1.54, 1.807) is 38.6 Å². The first kappa shape index (κ1) is 16.4. The third-order valence-corrected chi connectivity index (χ3v) is 4.46. The van der Waals surface area contributed by atoms with E-state index in [2.05, 4.69) is 4.98 Å². The van der Waals surface area contributed by atoms with Crippen molar-refractivity contribution in [2.24, 2.45) is 0 Å². The fraction of sp³-hybridized carbons (Fsp3) is 0.375. The van der Waals surface area contributed by atoms with Crippen LogP contribution in [0.1, 0.15) is 24.2 Å². The van der Waals surface area contributed by atoms with Crippen LogP contribution in [0.5, 0.6) is 11.5 Å². The fourth-order valence-electron chi connectivity index (χ4n) is 2.09. The van der Waals surface area contributed by atoms with E-state index in [0.717, 1.165) is 11.7 Å². The molecule has 6 heteroatoms. The molecule has 0 saturated carbocycles. The number of carbonyl (C=O) groups excluding carboxylic acids is 1. The molecule has 0 unspecified atom stereocenters. The highest BCUT2D eigenvalue weighted by molar-refractivity contribution is 8.00. The summed E-state index contributed by atoms with van der Waals surface area (Å²) in [6, 6.07) is 5.22. The Kier molecular flexibility index (Phi) is 5.49. The van der Waals surface area contributed by atoms with Crippen molar-refractivity contribution in [2.45, 2.75) is 30.8 Å². The third kappa shape index (κ3) is 3.44. The van der Waals surface area contributed by atoms with Crippen molar-refractivity contribution in [1.29, 1.82) is 0 Å². The van der Waals surface area contributed by atoms with Gasteiger partial charge in [-0.25, -0.2) is 4.98 Å². The van der Waals surface area contributed by atoms with E-state index in [1.165, 1.54) is 11.8 Å². The first-order chi connectivity index (χ1) is 10.6. The molecule has 0 fully saturated rings. The topological polar surface area (TPSA) is 53.4 Å². The van der Waals surface area contributed by atoms with Gasteiger partial charge in [0.2, 0.25) is 0 Å². The number of rotatable bonds is 7. The number of ether oxygens (including phenoxy) is 2. The maximum Gasteiger partial charge on any atom is 0.176 e. The Labute approximate surface area is 134 Å². The first-order valence-corrected chi connectivity index (χ1v) is 7.92. The molecule has 1 aromatic heterocycles. The summed E-state index contributed by atoms with van der Waals surface area (Å²) in [5.74, 6) is 1.21. The predicted molar refractivity (Wildman–Crippen MR) is 87.1 cm³/mol. The molecule has 2 aromatic rings. The van der Waals surface area contributed by atoms with Crippen LogP contribution in [-0.4, -0.2) is 34.8 Å². The molecule has 0 saturated heterocycles. The Balaban J connectivity index is 2.17. The molecule has 1 aromatic carbocycles. The van der Waals surface area contributed by atoms with Gasteiger partial charge in [0.05, 0.1) is 19.5 Å². The van der Waals surface area contributed by atoms with Gasteiger partial charge in [-0.05, 0) is 32.0 Å². The van der Waals surface area contributed by atoms with Crippen molar-refractivity contribution < 1.29 is 14.3 Å². The van der Waals surface area contributed by atoms with Gasteiger partial charge in [0.15, 0.2) is 22.4 Å². The summed E-state index contributed by atoms with van der Waals surface area (Å²) in [7, 11) is 3.13. The second-order valence-electron chi connectivity index (χ2n) is 4.69. The molecule has 2 rings (SSSR count). The Morgan fingerprint density at radius 2 is 2.05 bits per heavy atom. The zero-order valence-corrected chi connectivity index (χ0v) is 14.0. The molecule has 0 bridgehead atoms. The van der Waals surface area contributed by atoms with Gasteiger partial charge in [0, 0.05) is 24.5 Å². The molecular formula is C16H20N2O3S. The van der Waals surface area contributed by atoms with E-state index in [0.29, 0.717) is 17.1 Å². The van der Waals surface area contributed by atoms with Crippen LogP contribution in [0, 0.1) is 0 Å². The highest BCUT2D eigenvalue weighted by Crippen LogP contribution is 2.30. The number of aryl methyl sites for hydroxylation is 1. The number of aromatic nitrogens is 2. The van der Waals surface area contributed by atoms with Crippen molar-refractivity contribution >= 4 is 17.5 Å². The molecule has 1 atom stereocenters. The molecule has 5 nitrogen and oxygen atoms in total. The van der Waals surface area contributed by atoms with Crippen molar-refractivity contribution in [1.82, 2.24) is 9.55 Å². The fourth-order valence-corrected chi connectivity index (χ4v) is 3.10. The summed E-state index contributed by atoms with van der Waals surface area (Å²) in [6.07, 6.45) is 3.66. The number of imidazole rings is 1. The van der Waals surface area contributed by atoms with Crippen molar-refractivity contribution in [2.75, 3.05) is 14.2 Å². The third-order valence-electron chi connectivity index (χ3n) is 3.34. The molecule has 0 radical (unpaired) electrons. The summed E-state index contributed by atoms with van der Waals surface area (Å²) in [6.45, 7) is 4.77. The molecule has 0 amide bonds. The molecule has 0 aliphatic heterocycles. The van der Waals surface area contributed by atoms with Gasteiger partial charge >= 0.3 is 0 Å². The second-order valence-corrected chi connectivity index (χ2v) is 6.00. The Bertz CT molecular complexity index is 655. The summed E-state index contributed by atoms with van der Waals surface area (Å²) in [4.78, 5) is 16.9. The quantitative estimate of drug-likeness (QED) is 0.579. The van der Waals surface area contributed by atoms with E-state index in [4.69, 9.17) is 9.47 Å². The average molecular weight is 320 g/mol. The predicted octanol–water partition coefficient (Wildman–Crippen LogP) is 3.28. The summed E-state index contributed by atoms with van der Waals surface area (Å²) in [5, 5.41) is 0.620. The second kappa shape index (κ2) is 7.35. The van der Waals surface area contributed by atoms with E-state index in [9.17, 15) is 4.79 Å². The Morgan fingerprint density at radius 3 is 2.68 bits per heavy atom. The number of benzene rings is 1. The Morgan fingerprint density at radius 1 is 1.32 bits per heavy atom. The van der Waals surface area contributed by atoms with Gasteiger partial charge in [-0.3, -0.25) is 4.79 Å². The van der Waals surface area contributed by atoms with E-state index < -0.39 is 0 Å². The zero-order chi connectivity index (χ0) is 16.1. The standard InChI is InChI=1S/C16H20N2O3S/c1-5-18-9-8-17-16(18)22-11(2)15(19)12-6-7-13(20-3)14(10-12)21-4/h6-11H,5H2,1-4H3/t11-/m0/s1. The van der Waals surface area contributed by atoms with E-state index in [1.807, 2.05) is 24.6 Å². The minimum atomic E-state index is -0.231. The van der Waals surface area contributed by atoms with Crippen molar-refractivity contribution in [3.05, 3.63) is 36.2 Å². The summed E-state index contributed by atoms with van der Waals surface area (Å²) >= 11 is 1.46. The van der Waals surface area contributed by atoms with Gasteiger partial charge in [0.25, 0.3) is 0 Å². The van der Waals surface area contributed by atoms with Gasteiger partial charge in [-0.1, -0.05) is 11.8 Å². The molecule has 0 N–H and O–H groups in total. The van der Waals surface area contributed by atoms with Gasteiger partial charge < -0.3 is 14.0 Å². The molecular weight excluding hydrogens is 300 g/mol. The van der Waals surface area contributed by atoms with Gasteiger partial charge in [-0.15, -0.1) is 0 Å². The van der Waals surface area contributed by atoms with Crippen LogP contribution >= 0.6 is 11.8 Å². The lowest BCUT2D eigenvalue weighted by Crippen LogP contribution is -2.14. The first-order valence-electron chi connectivity index (χ1n) is 7.04. The number of nitrogens with zero attached hydrogens (tertiary/aromatic N) is 2. The smallest absolute Gasteiger partial charge is 0.176 e. The van der Waals surface area contributed by atoms with Gasteiger partial charge in [0.1, 0.15) is 0 Å². The minimum Gasteiger partial charge on any atom is -0.493 e. The lowest BCUT2D eigenvalue weighted by molar-refractivity contribution is 0.0993. The van der Waals surface area contributed by atoms with Crippen molar-refractivity contribution in [3.8, 4) is 11.5 Å². The maximum atomic E-state index is 12.6. The SMILES string of the molecule is CCn1ccnc1S[C@@H](C)C(=O)c1ccc(OC)c(OC)c1. The number of hydrogen-bond acceptors (Lipinski definition) is 5. The van der Waals surface area contributed by atoms with Crippen LogP contribution in [0.4, 0.5) is 0 Å². The number of Topliss-reactive ketones (excluding diaryl/α,β-unsaturated/α-hetero) is 1. The molecule has 0 aliphatic rings. The number of hydrogen-bond donors (Lipinski definition) is 0. The number of methoxy groups -OCH3 is 2. The molecule has 0 spiro atoms. The minimum absolute atomic E-state index is 0.0385. The molecule has 118 valence electrons. The van der Waals surface area contributed by atoms with Crippen LogP contribution in [0.2, 0.25) is 0 Å². The largest absolute Gasteiger partial charge is 0.493 e. The normalized spacial score (nSPS) is 12.0. The number of ketones is 1. The monoisotopic (exact) mass is 320 g/mol. The van der Waals surface area contributed by atoms with Crippen molar-refractivity contribution in [3.63, 3.8) is 0 Å². The average Bonchev–Trinajstić information content (AvgIpc) is 3.00. The van der Waals surface area contributed by atoms with E-state index >= 15 is 0 Å². The van der Waals surface area contributed by atoms with Gasteiger partial charge in [-0.2, -0.15) is 0 Å². The molecule has 1 heterocycles. The maximum absolute atomic E-state index is 12.6. The number of carbonyl (C=O) groups is 1. The lowest BCUT2D eigenvalue weighted by Gasteiger charge is -2.13. The molecule has 22 heavy (non-hydrogen) atoms. The van der Waals surface area contributed by atoms with Crippen LogP contribution in [-0.2, 0) is 6.54 Å². The van der Waals surface area contributed by atoms with Crippen LogP contribution in [0.15, 0.2) is 35.7 Å². The highest BCUT2D eigenvalue weighted by Gasteiger charge is 2.20. The van der Waals surface area contributed by atoms with Crippen LogP contribution in [0.25, 0.3) is 0 Å². The summed E-state index contributed by atoms with van der Waals surface area (Å²) in [5.41, 5.74) is 0.604. The van der Waals surface area contributed by atoms with Crippen LogP contribution in [0.3, 0.4) is 0 Å². The summed E-state index contributed by atoms with van der Waals surface area (Å²) < 4.78 is 12.5. The zero-order valence-electron chi connectivity index (χ0n) is 13.2. The molecule has 0 aliphatic carbocycles. The lowest BCUT2D eigenvalue weighted by atomic mass is 10.1. The number of thioether (sulfide) groups is 1. The van der Waals surface area contributed by atoms with Crippen LogP contribution < -0.4 is 9.47 Å². The Hall–Kier alpha value is -1.95. The van der Waals surface area contributed by atoms with E-state index in [-0.39, 0.29) is 11.0 Å².